The van der Waals surface area contributed by atoms with Crippen molar-refractivity contribution in [1.82, 2.24) is 19.7 Å². The molecule has 0 radical (unpaired) electrons. The predicted octanol–water partition coefficient (Wildman–Crippen LogP) is 1.04. The maximum absolute atomic E-state index is 7.72. The molecule has 0 saturated carbocycles. The van der Waals surface area contributed by atoms with Crippen LogP contribution in [0.4, 0.5) is 11.6 Å². The van der Waals surface area contributed by atoms with E-state index >= 15 is 0 Å². The molecule has 3 aromatic rings. The number of rotatable bonds is 2. The van der Waals surface area contributed by atoms with Gasteiger partial charge in [0.25, 0.3) is 0 Å². The lowest BCUT2D eigenvalue weighted by atomic mass is 10.2. The highest BCUT2D eigenvalue weighted by atomic mass is 15.3. The van der Waals surface area contributed by atoms with Gasteiger partial charge in [-0.3, -0.25) is 0 Å². The summed E-state index contributed by atoms with van der Waals surface area (Å²) in [5.41, 5.74) is 13.5. The number of aromatic nitrogens is 4. The minimum absolute atomic E-state index is 0.0801. The lowest BCUT2D eigenvalue weighted by Crippen LogP contribution is -2.04. The van der Waals surface area contributed by atoms with E-state index in [1.807, 2.05) is 24.3 Å². The Morgan fingerprint density at radius 2 is 2.00 bits per heavy atom. The van der Waals surface area contributed by atoms with Crippen LogP contribution in [-0.2, 0) is 6.54 Å². The summed E-state index contributed by atoms with van der Waals surface area (Å²) in [6, 6.07) is 7.52. The Morgan fingerprint density at radius 1 is 1.22 bits per heavy atom. The third-order valence-electron chi connectivity index (χ3n) is 2.64. The Kier molecular flexibility index (Phi) is 2.09. The number of fused-ring (bicyclic) bond motifs is 1. The van der Waals surface area contributed by atoms with Gasteiger partial charge in [0, 0.05) is 11.9 Å². The first-order valence-electron chi connectivity index (χ1n) is 5.93. The Morgan fingerprint density at radius 3 is 2.78 bits per heavy atom. The Balaban J connectivity index is 2.03. The average Bonchev–Trinajstić information content (AvgIpc) is 2.76. The van der Waals surface area contributed by atoms with E-state index in [2.05, 4.69) is 15.1 Å². The van der Waals surface area contributed by atoms with E-state index in [4.69, 9.17) is 12.8 Å². The van der Waals surface area contributed by atoms with E-state index in [0.29, 0.717) is 23.3 Å². The second kappa shape index (κ2) is 3.99. The smallest absolute Gasteiger partial charge is 0.222 e. The van der Waals surface area contributed by atoms with Gasteiger partial charge >= 0.3 is 0 Å². The largest absolute Gasteiger partial charge is 0.399 e. The van der Waals surface area contributed by atoms with Crippen molar-refractivity contribution < 1.29 is 1.37 Å². The molecule has 0 unspecified atom stereocenters. The van der Waals surface area contributed by atoms with Crippen LogP contribution < -0.4 is 11.5 Å². The molecule has 0 aliphatic rings. The summed E-state index contributed by atoms with van der Waals surface area (Å²) in [5, 5.41) is 4.81. The van der Waals surface area contributed by atoms with Gasteiger partial charge < -0.3 is 11.5 Å². The Labute approximate surface area is 105 Å². The summed E-state index contributed by atoms with van der Waals surface area (Å²) >= 11 is 0. The van der Waals surface area contributed by atoms with E-state index < -0.39 is 0 Å². The fraction of sp³-hybridized carbons (Fsp3) is 0.0833. The number of nitrogens with two attached hydrogens (primary N) is 2. The van der Waals surface area contributed by atoms with Crippen molar-refractivity contribution in [3.63, 3.8) is 0 Å². The maximum atomic E-state index is 7.72. The van der Waals surface area contributed by atoms with E-state index in [1.165, 1.54) is 0 Å². The molecule has 0 spiro atoms. The van der Waals surface area contributed by atoms with Crippen LogP contribution in [0.2, 0.25) is 0 Å². The SMILES string of the molecule is [2H]c1nc(N)nc2c1cnn2Cc1ccc(N)cc1. The van der Waals surface area contributed by atoms with E-state index in [-0.39, 0.29) is 12.1 Å². The molecule has 6 heteroatoms. The first-order chi connectivity index (χ1) is 9.13. The van der Waals surface area contributed by atoms with Crippen LogP contribution in [0, 0.1) is 0 Å². The summed E-state index contributed by atoms with van der Waals surface area (Å²) in [7, 11) is 0. The van der Waals surface area contributed by atoms with Crippen LogP contribution in [-0.4, -0.2) is 19.7 Å². The molecule has 0 fully saturated rings. The van der Waals surface area contributed by atoms with Crippen molar-refractivity contribution in [2.45, 2.75) is 6.54 Å². The van der Waals surface area contributed by atoms with Gasteiger partial charge in [-0.2, -0.15) is 10.1 Å². The minimum Gasteiger partial charge on any atom is -0.399 e. The van der Waals surface area contributed by atoms with E-state index in [1.54, 1.807) is 10.9 Å². The van der Waals surface area contributed by atoms with Gasteiger partial charge in [-0.1, -0.05) is 12.1 Å². The lowest BCUT2D eigenvalue weighted by molar-refractivity contribution is 0.704. The maximum Gasteiger partial charge on any atom is 0.222 e. The summed E-state index contributed by atoms with van der Waals surface area (Å²) in [4.78, 5) is 7.93. The van der Waals surface area contributed by atoms with Crippen LogP contribution in [0.5, 0.6) is 0 Å². The highest BCUT2D eigenvalue weighted by Crippen LogP contribution is 2.13. The summed E-state index contributed by atoms with van der Waals surface area (Å²) in [6.07, 6.45) is 1.67. The molecule has 4 N–H and O–H groups in total. The van der Waals surface area contributed by atoms with Gasteiger partial charge in [0.05, 0.1) is 19.5 Å². The van der Waals surface area contributed by atoms with E-state index in [0.717, 1.165) is 5.56 Å². The van der Waals surface area contributed by atoms with Gasteiger partial charge in [-0.15, -0.1) is 0 Å². The highest BCUT2D eigenvalue weighted by molar-refractivity contribution is 5.74. The monoisotopic (exact) mass is 241 g/mol. The van der Waals surface area contributed by atoms with Crippen LogP contribution in [0.25, 0.3) is 11.0 Å². The molecule has 3 rings (SSSR count). The van der Waals surface area contributed by atoms with Crippen molar-refractivity contribution in [3.8, 4) is 0 Å². The zero-order valence-electron chi connectivity index (χ0n) is 10.5. The number of benzene rings is 1. The second-order valence-corrected chi connectivity index (χ2v) is 3.97. The first-order valence-corrected chi connectivity index (χ1v) is 5.43. The standard InChI is InChI=1S/C12H12N6/c13-10-3-1-8(2-4-10)7-18-11-9(6-16-18)5-15-12(14)17-11/h1-6H,7,13H2,(H2,14,15,17)/i5D. The summed E-state index contributed by atoms with van der Waals surface area (Å²) in [6.45, 7) is 0.541. The van der Waals surface area contributed by atoms with Crippen LogP contribution in [0.3, 0.4) is 0 Å². The molecule has 18 heavy (non-hydrogen) atoms. The van der Waals surface area contributed by atoms with Gasteiger partial charge in [0.1, 0.15) is 0 Å². The quantitative estimate of drug-likeness (QED) is 0.653. The normalized spacial score (nSPS) is 11.7. The van der Waals surface area contributed by atoms with Gasteiger partial charge in [0.15, 0.2) is 5.65 Å². The third-order valence-corrected chi connectivity index (χ3v) is 2.64. The van der Waals surface area contributed by atoms with Crippen LogP contribution >= 0.6 is 0 Å². The molecule has 0 amide bonds. The fourth-order valence-electron chi connectivity index (χ4n) is 1.74. The van der Waals surface area contributed by atoms with Gasteiger partial charge in [0.2, 0.25) is 5.95 Å². The number of nitrogens with zero attached hydrogens (tertiary/aromatic N) is 4. The summed E-state index contributed by atoms with van der Waals surface area (Å²) < 4.78 is 9.42. The molecule has 0 bridgehead atoms. The van der Waals surface area contributed by atoms with Crippen molar-refractivity contribution in [1.29, 1.82) is 0 Å². The predicted molar refractivity (Wildman–Crippen MR) is 69.7 cm³/mol. The summed E-state index contributed by atoms with van der Waals surface area (Å²) in [5.74, 6) is 0.0801. The van der Waals surface area contributed by atoms with Crippen LogP contribution in [0.1, 0.15) is 6.93 Å². The molecule has 6 nitrogen and oxygen atoms in total. The van der Waals surface area contributed by atoms with Crippen LogP contribution in [0.15, 0.2) is 36.6 Å². The third kappa shape index (κ3) is 1.84. The molecular formula is C12H12N6. The van der Waals surface area contributed by atoms with Gasteiger partial charge in [-0.25, -0.2) is 9.67 Å². The molecular weight excluding hydrogens is 228 g/mol. The van der Waals surface area contributed by atoms with Crippen molar-refractivity contribution in [2.75, 3.05) is 11.5 Å². The topological polar surface area (TPSA) is 95.6 Å². The van der Waals surface area contributed by atoms with Crippen molar-refractivity contribution in [3.05, 3.63) is 42.2 Å². The van der Waals surface area contributed by atoms with Crippen molar-refractivity contribution in [2.24, 2.45) is 0 Å². The van der Waals surface area contributed by atoms with E-state index in [9.17, 15) is 0 Å². The lowest BCUT2D eigenvalue weighted by Gasteiger charge is -2.04. The van der Waals surface area contributed by atoms with Gasteiger partial charge in [-0.05, 0) is 17.7 Å². The molecule has 0 aliphatic heterocycles. The molecule has 0 aliphatic carbocycles. The molecule has 2 aromatic heterocycles. The zero-order valence-corrected chi connectivity index (χ0v) is 9.54. The molecule has 1 aromatic carbocycles. The number of hydrogen-bond acceptors (Lipinski definition) is 5. The molecule has 2 heterocycles. The zero-order chi connectivity index (χ0) is 13.4. The number of nitrogen functional groups attached to an aromatic ring is 2. The molecule has 0 atom stereocenters. The Hall–Kier alpha value is -2.63. The highest BCUT2D eigenvalue weighted by Gasteiger charge is 2.05. The average molecular weight is 241 g/mol. The number of hydrogen-bond donors (Lipinski definition) is 2. The second-order valence-electron chi connectivity index (χ2n) is 3.97. The molecule has 90 valence electrons. The van der Waals surface area contributed by atoms with Crippen molar-refractivity contribution >= 4 is 22.7 Å². The Bertz CT molecular complexity index is 734. The fourth-order valence-corrected chi connectivity index (χ4v) is 1.74. The minimum atomic E-state index is 0.0801. The first kappa shape index (κ1) is 9.41. The molecule has 0 saturated heterocycles. The number of anilines is 2.